The van der Waals surface area contributed by atoms with Gasteiger partial charge in [-0.1, -0.05) is 36.8 Å². The number of benzene rings is 2. The van der Waals surface area contributed by atoms with Crippen molar-refractivity contribution in [3.8, 4) is 11.8 Å². The van der Waals surface area contributed by atoms with E-state index < -0.39 is 11.7 Å². The number of imidazole rings is 1. The fourth-order valence-electron chi connectivity index (χ4n) is 4.32. The lowest BCUT2D eigenvalue weighted by atomic mass is 9.94. The molecule has 7 heteroatoms. The first-order valence-corrected chi connectivity index (χ1v) is 12.0. The first kappa shape index (κ1) is 25.7. The molecule has 0 aliphatic carbocycles. The zero-order valence-corrected chi connectivity index (χ0v) is 21.0. The van der Waals surface area contributed by atoms with Gasteiger partial charge in [-0.3, -0.25) is 4.90 Å². The number of hydrogen-bond donors (Lipinski definition) is 0. The Morgan fingerprint density at radius 1 is 1.03 bits per heavy atom. The first-order valence-electron chi connectivity index (χ1n) is 12.0. The van der Waals surface area contributed by atoms with E-state index in [9.17, 15) is 13.2 Å². The molecule has 2 aromatic carbocycles. The minimum Gasteiger partial charge on any atom is -0.327 e. The molecule has 36 heavy (non-hydrogen) atoms. The van der Waals surface area contributed by atoms with Crippen molar-refractivity contribution in [3.63, 3.8) is 0 Å². The molecule has 0 saturated carbocycles. The van der Waals surface area contributed by atoms with Crippen LogP contribution in [0.15, 0.2) is 55.5 Å². The summed E-state index contributed by atoms with van der Waals surface area (Å²) in [5, 5.41) is 0. The molecule has 0 N–H and O–H groups in total. The van der Waals surface area contributed by atoms with Crippen molar-refractivity contribution in [2.24, 2.45) is 7.05 Å². The normalized spacial score (nSPS) is 14.9. The number of aryl methyl sites for hydroxylation is 2. The Labute approximate surface area is 211 Å². The van der Waals surface area contributed by atoms with Gasteiger partial charge in [0.05, 0.1) is 18.1 Å². The molecular formula is C29H31F3N4. The summed E-state index contributed by atoms with van der Waals surface area (Å²) in [5.74, 6) is 6.31. The largest absolute Gasteiger partial charge is 0.416 e. The molecular weight excluding hydrogens is 461 g/mol. The summed E-state index contributed by atoms with van der Waals surface area (Å²) in [6.45, 7) is 9.73. The third kappa shape index (κ3) is 6.26. The zero-order valence-electron chi connectivity index (χ0n) is 21.0. The quantitative estimate of drug-likeness (QED) is 0.461. The number of nitrogens with zero attached hydrogens (tertiary/aromatic N) is 4. The summed E-state index contributed by atoms with van der Waals surface area (Å²) in [6, 6.07) is 10.6. The molecule has 0 spiro atoms. The monoisotopic (exact) mass is 492 g/mol. The molecule has 0 radical (unpaired) electrons. The molecule has 0 amide bonds. The van der Waals surface area contributed by atoms with Crippen molar-refractivity contribution >= 4 is 5.57 Å². The van der Waals surface area contributed by atoms with Gasteiger partial charge in [0, 0.05) is 45.3 Å². The number of alkyl halides is 3. The standard InChI is InChI=1S/C29H31F3N4/c1-21-5-7-25(17-24(21)9-10-27-18-33-20-35(27)4)22(2)15-23-6-8-26(28(16-23)29(30,31)32)19-36-13-11-34(3)12-14-36/h5-8,16-18,20H,2,11-15,19H2,1,3-4H3. The van der Waals surface area contributed by atoms with E-state index in [1.54, 1.807) is 24.7 Å². The van der Waals surface area contributed by atoms with E-state index in [1.807, 2.05) is 43.8 Å². The van der Waals surface area contributed by atoms with E-state index in [-0.39, 0.29) is 0 Å². The van der Waals surface area contributed by atoms with Gasteiger partial charge in [0.15, 0.2) is 0 Å². The van der Waals surface area contributed by atoms with Crippen LogP contribution in [0.1, 0.15) is 39.1 Å². The summed E-state index contributed by atoms with van der Waals surface area (Å²) in [5.41, 5.74) is 4.65. The summed E-state index contributed by atoms with van der Waals surface area (Å²) < 4.78 is 43.7. The molecule has 0 atom stereocenters. The van der Waals surface area contributed by atoms with Crippen LogP contribution in [0.4, 0.5) is 13.2 Å². The number of halogens is 3. The van der Waals surface area contributed by atoms with E-state index in [0.717, 1.165) is 54.1 Å². The first-order chi connectivity index (χ1) is 17.1. The van der Waals surface area contributed by atoms with Crippen molar-refractivity contribution in [2.75, 3.05) is 33.2 Å². The summed E-state index contributed by atoms with van der Waals surface area (Å²) >= 11 is 0. The topological polar surface area (TPSA) is 24.3 Å². The Kier molecular flexibility index (Phi) is 7.67. The molecule has 3 aromatic rings. The van der Waals surface area contributed by atoms with Gasteiger partial charge in [-0.05, 0) is 66.3 Å². The van der Waals surface area contributed by atoms with E-state index in [4.69, 9.17) is 0 Å². The van der Waals surface area contributed by atoms with Crippen LogP contribution in [0, 0.1) is 18.8 Å². The molecule has 4 rings (SSSR count). The van der Waals surface area contributed by atoms with Crippen molar-refractivity contribution in [3.05, 3.63) is 94.6 Å². The van der Waals surface area contributed by atoms with Gasteiger partial charge in [0.1, 0.15) is 5.69 Å². The van der Waals surface area contributed by atoms with Crippen LogP contribution in [-0.4, -0.2) is 52.6 Å². The predicted molar refractivity (Wildman–Crippen MR) is 137 cm³/mol. The van der Waals surface area contributed by atoms with E-state index >= 15 is 0 Å². The maximum atomic E-state index is 14.0. The fourth-order valence-corrected chi connectivity index (χ4v) is 4.32. The third-order valence-corrected chi connectivity index (χ3v) is 6.67. The molecule has 1 fully saturated rings. The van der Waals surface area contributed by atoms with Crippen molar-refractivity contribution in [1.29, 1.82) is 0 Å². The van der Waals surface area contributed by atoms with Gasteiger partial charge in [0.25, 0.3) is 0 Å². The van der Waals surface area contributed by atoms with Gasteiger partial charge < -0.3 is 9.47 Å². The fraction of sp³-hybridized carbons (Fsp3) is 0.345. The van der Waals surface area contributed by atoms with Gasteiger partial charge in [0.2, 0.25) is 0 Å². The Morgan fingerprint density at radius 2 is 1.78 bits per heavy atom. The Morgan fingerprint density at radius 3 is 2.44 bits per heavy atom. The van der Waals surface area contributed by atoms with Crippen LogP contribution in [-0.2, 0) is 26.2 Å². The minimum absolute atomic E-state index is 0.306. The SMILES string of the molecule is C=C(Cc1ccc(CN2CCN(C)CC2)c(C(F)(F)F)c1)c1ccc(C)c(C#Cc2cncn2C)c1. The van der Waals surface area contributed by atoms with Gasteiger partial charge in [-0.2, -0.15) is 13.2 Å². The molecule has 2 heterocycles. The number of likely N-dealkylation sites (N-methyl/N-ethyl adjacent to an activating group) is 1. The lowest BCUT2D eigenvalue weighted by Gasteiger charge is -2.33. The highest BCUT2D eigenvalue weighted by Gasteiger charge is 2.34. The molecule has 0 bridgehead atoms. The smallest absolute Gasteiger partial charge is 0.327 e. The molecule has 1 saturated heterocycles. The minimum atomic E-state index is -4.41. The third-order valence-electron chi connectivity index (χ3n) is 6.67. The summed E-state index contributed by atoms with van der Waals surface area (Å²) in [4.78, 5) is 8.35. The summed E-state index contributed by atoms with van der Waals surface area (Å²) in [6.07, 6.45) is -0.676. The zero-order chi connectivity index (χ0) is 25.9. The number of allylic oxidation sites excluding steroid dienone is 1. The van der Waals surface area contributed by atoms with Crippen LogP contribution in [0.25, 0.3) is 5.57 Å². The number of piperazine rings is 1. The average molecular weight is 493 g/mol. The van der Waals surface area contributed by atoms with Crippen LogP contribution in [0.2, 0.25) is 0 Å². The van der Waals surface area contributed by atoms with Crippen molar-refractivity contribution in [2.45, 2.75) is 26.1 Å². The molecule has 1 aliphatic heterocycles. The molecule has 0 unspecified atom stereocenters. The van der Waals surface area contributed by atoms with Crippen molar-refractivity contribution in [1.82, 2.24) is 19.4 Å². The maximum absolute atomic E-state index is 14.0. The summed E-state index contributed by atoms with van der Waals surface area (Å²) in [7, 11) is 3.91. The van der Waals surface area contributed by atoms with Crippen LogP contribution in [0.3, 0.4) is 0 Å². The number of hydrogen-bond acceptors (Lipinski definition) is 3. The highest BCUT2D eigenvalue weighted by molar-refractivity contribution is 5.68. The van der Waals surface area contributed by atoms with Gasteiger partial charge in [-0.25, -0.2) is 4.98 Å². The van der Waals surface area contributed by atoms with E-state index in [0.29, 0.717) is 24.1 Å². The Balaban J connectivity index is 1.53. The van der Waals surface area contributed by atoms with Gasteiger partial charge >= 0.3 is 6.18 Å². The van der Waals surface area contributed by atoms with E-state index in [2.05, 4.69) is 33.2 Å². The Bertz CT molecular complexity index is 1300. The molecule has 1 aliphatic rings. The lowest BCUT2D eigenvalue weighted by molar-refractivity contribution is -0.138. The maximum Gasteiger partial charge on any atom is 0.416 e. The molecule has 188 valence electrons. The lowest BCUT2D eigenvalue weighted by Crippen LogP contribution is -2.44. The van der Waals surface area contributed by atoms with Crippen LogP contribution >= 0.6 is 0 Å². The Hall–Kier alpha value is -3.34. The van der Waals surface area contributed by atoms with Crippen molar-refractivity contribution < 1.29 is 13.2 Å². The predicted octanol–water partition coefficient (Wildman–Crippen LogP) is 5.15. The number of rotatable bonds is 5. The highest BCUT2D eigenvalue weighted by atomic mass is 19.4. The van der Waals surface area contributed by atoms with Crippen LogP contribution < -0.4 is 0 Å². The second-order valence-corrected chi connectivity index (χ2v) is 9.52. The number of aromatic nitrogens is 2. The molecule has 1 aromatic heterocycles. The van der Waals surface area contributed by atoms with Gasteiger partial charge in [-0.15, -0.1) is 0 Å². The molecule has 4 nitrogen and oxygen atoms in total. The average Bonchev–Trinajstić information content (AvgIpc) is 3.24. The van der Waals surface area contributed by atoms with Crippen LogP contribution in [0.5, 0.6) is 0 Å². The second kappa shape index (κ2) is 10.7. The highest BCUT2D eigenvalue weighted by Crippen LogP contribution is 2.34. The second-order valence-electron chi connectivity index (χ2n) is 9.52. The van der Waals surface area contributed by atoms with E-state index in [1.165, 1.54) is 6.07 Å².